The first-order chi connectivity index (χ1) is 15.6. The highest BCUT2D eigenvalue weighted by Gasteiger charge is 2.36. The van der Waals surface area contributed by atoms with Crippen molar-refractivity contribution in [1.82, 2.24) is 9.55 Å². The number of imidazole rings is 1. The summed E-state index contributed by atoms with van der Waals surface area (Å²) in [4.78, 5) is 19.9. The molecule has 4 aromatic rings. The molecule has 32 heavy (non-hydrogen) atoms. The molecule has 0 N–H and O–H groups in total. The van der Waals surface area contributed by atoms with E-state index < -0.39 is 0 Å². The first-order valence-electron chi connectivity index (χ1n) is 10.7. The van der Waals surface area contributed by atoms with Crippen molar-refractivity contribution in [3.63, 3.8) is 0 Å². The molecule has 0 bridgehead atoms. The molecule has 5 rings (SSSR count). The number of halogens is 1. The number of carbonyl (C=O) groups is 1. The van der Waals surface area contributed by atoms with Gasteiger partial charge in [-0.05, 0) is 42.8 Å². The zero-order valence-corrected chi connectivity index (χ0v) is 18.8. The van der Waals surface area contributed by atoms with Gasteiger partial charge in [-0.2, -0.15) is 0 Å². The van der Waals surface area contributed by atoms with Gasteiger partial charge in [0, 0.05) is 23.9 Å². The van der Waals surface area contributed by atoms with E-state index in [-0.39, 0.29) is 17.9 Å². The molecule has 1 aromatic heterocycles. The standard InChI is InChI=1S/C26H24ClN3O2/c1-17(18-8-4-3-5-9-18)30-22-11-7-6-10-21(22)28-26(30)19-14-25(31)29(16-19)23-15-20(27)12-13-24(23)32-2/h3-13,15,17,19H,14,16H2,1-2H3/t17-,19-/m1/s1. The second-order valence-corrected chi connectivity index (χ2v) is 8.57. The van der Waals surface area contributed by atoms with E-state index in [1.807, 2.05) is 24.3 Å². The fourth-order valence-corrected chi connectivity index (χ4v) is 4.79. The van der Waals surface area contributed by atoms with Crippen molar-refractivity contribution in [2.75, 3.05) is 18.6 Å². The van der Waals surface area contributed by atoms with Gasteiger partial charge in [-0.15, -0.1) is 0 Å². The molecule has 6 heteroatoms. The third kappa shape index (κ3) is 3.53. The zero-order valence-electron chi connectivity index (χ0n) is 18.0. The molecule has 2 atom stereocenters. The van der Waals surface area contributed by atoms with E-state index in [0.717, 1.165) is 16.9 Å². The SMILES string of the molecule is COc1ccc(Cl)cc1N1C[C@H](c2nc3ccccc3n2[C@H](C)c2ccccc2)CC1=O. The number of nitrogens with zero attached hydrogens (tertiary/aromatic N) is 3. The summed E-state index contributed by atoms with van der Waals surface area (Å²) in [5, 5.41) is 0.571. The van der Waals surface area contributed by atoms with Gasteiger partial charge >= 0.3 is 0 Å². The third-order valence-corrected chi connectivity index (χ3v) is 6.45. The largest absolute Gasteiger partial charge is 0.495 e. The Morgan fingerprint density at radius 3 is 2.59 bits per heavy atom. The van der Waals surface area contributed by atoms with Gasteiger partial charge in [-0.3, -0.25) is 4.79 Å². The van der Waals surface area contributed by atoms with Crippen LogP contribution in [0.15, 0.2) is 72.8 Å². The van der Waals surface area contributed by atoms with Crippen LogP contribution in [0.2, 0.25) is 5.02 Å². The highest BCUT2D eigenvalue weighted by atomic mass is 35.5. The lowest BCUT2D eigenvalue weighted by atomic mass is 10.0. The van der Waals surface area contributed by atoms with E-state index in [4.69, 9.17) is 21.3 Å². The first-order valence-corrected chi connectivity index (χ1v) is 11.1. The molecule has 1 aliphatic rings. The highest BCUT2D eigenvalue weighted by Crippen LogP contribution is 2.39. The number of aromatic nitrogens is 2. The molecule has 0 radical (unpaired) electrons. The Kier molecular flexibility index (Phi) is 5.35. The third-order valence-electron chi connectivity index (χ3n) is 6.21. The predicted octanol–water partition coefficient (Wildman–Crippen LogP) is 5.83. The first kappa shape index (κ1) is 20.6. The number of methoxy groups -OCH3 is 1. The smallest absolute Gasteiger partial charge is 0.227 e. The van der Waals surface area contributed by atoms with Crippen LogP contribution in [0.5, 0.6) is 5.75 Å². The Hall–Kier alpha value is -3.31. The molecular weight excluding hydrogens is 422 g/mol. The lowest BCUT2D eigenvalue weighted by molar-refractivity contribution is -0.117. The Morgan fingerprint density at radius 1 is 1.06 bits per heavy atom. The fourth-order valence-electron chi connectivity index (χ4n) is 4.63. The second-order valence-electron chi connectivity index (χ2n) is 8.14. The lowest BCUT2D eigenvalue weighted by Crippen LogP contribution is -2.25. The predicted molar refractivity (Wildman–Crippen MR) is 128 cm³/mol. The van der Waals surface area contributed by atoms with E-state index >= 15 is 0 Å². The number of benzene rings is 3. The van der Waals surface area contributed by atoms with Crippen molar-refractivity contribution >= 4 is 34.2 Å². The summed E-state index contributed by atoms with van der Waals surface area (Å²) in [5.41, 5.74) is 3.92. The summed E-state index contributed by atoms with van der Waals surface area (Å²) in [5.74, 6) is 1.57. The number of carbonyl (C=O) groups excluding carboxylic acids is 1. The van der Waals surface area contributed by atoms with Gasteiger partial charge in [0.1, 0.15) is 11.6 Å². The van der Waals surface area contributed by atoms with Gasteiger partial charge in [-0.25, -0.2) is 4.98 Å². The van der Waals surface area contributed by atoms with Gasteiger partial charge in [-0.1, -0.05) is 54.1 Å². The monoisotopic (exact) mass is 445 g/mol. The van der Waals surface area contributed by atoms with E-state index in [1.165, 1.54) is 5.56 Å². The molecule has 162 valence electrons. The molecule has 0 aliphatic carbocycles. The van der Waals surface area contributed by atoms with Crippen LogP contribution >= 0.6 is 11.6 Å². The molecular formula is C26H24ClN3O2. The van der Waals surface area contributed by atoms with Crippen molar-refractivity contribution in [3.05, 3.63) is 89.2 Å². The van der Waals surface area contributed by atoms with Gasteiger partial charge in [0.25, 0.3) is 0 Å². The molecule has 0 saturated carbocycles. The molecule has 0 spiro atoms. The van der Waals surface area contributed by atoms with Crippen LogP contribution in [0, 0.1) is 0 Å². The molecule has 1 amide bonds. The topological polar surface area (TPSA) is 47.4 Å². The van der Waals surface area contributed by atoms with Gasteiger partial charge in [0.05, 0.1) is 29.9 Å². The van der Waals surface area contributed by atoms with Crippen LogP contribution in [0.25, 0.3) is 11.0 Å². The van der Waals surface area contributed by atoms with E-state index in [1.54, 1.807) is 30.2 Å². The second kappa shape index (κ2) is 8.32. The van der Waals surface area contributed by atoms with Crippen molar-refractivity contribution in [3.8, 4) is 5.75 Å². The number of fused-ring (bicyclic) bond motifs is 1. The Labute approximate surface area is 192 Å². The Bertz CT molecular complexity index is 1280. The van der Waals surface area contributed by atoms with E-state index in [9.17, 15) is 4.79 Å². The minimum absolute atomic E-state index is 0.0373. The molecule has 5 nitrogen and oxygen atoms in total. The molecule has 2 heterocycles. The fraction of sp³-hybridized carbons (Fsp3) is 0.231. The van der Waals surface area contributed by atoms with Crippen LogP contribution in [-0.2, 0) is 4.79 Å². The Balaban J connectivity index is 1.57. The average molecular weight is 446 g/mol. The van der Waals surface area contributed by atoms with Crippen molar-refractivity contribution in [1.29, 1.82) is 0 Å². The van der Waals surface area contributed by atoms with Crippen LogP contribution < -0.4 is 9.64 Å². The summed E-state index contributed by atoms with van der Waals surface area (Å²) in [6.45, 7) is 2.71. The molecule has 0 unspecified atom stereocenters. The maximum Gasteiger partial charge on any atom is 0.227 e. The van der Waals surface area contributed by atoms with E-state index in [2.05, 4.69) is 41.8 Å². The number of rotatable bonds is 5. The van der Waals surface area contributed by atoms with Crippen LogP contribution in [0.3, 0.4) is 0 Å². The number of hydrogen-bond acceptors (Lipinski definition) is 3. The quantitative estimate of drug-likeness (QED) is 0.388. The number of hydrogen-bond donors (Lipinski definition) is 0. The minimum atomic E-state index is -0.0373. The van der Waals surface area contributed by atoms with Gasteiger partial charge < -0.3 is 14.2 Å². The van der Waals surface area contributed by atoms with Crippen molar-refractivity contribution in [2.24, 2.45) is 0 Å². The molecule has 1 aliphatic heterocycles. The molecule has 1 fully saturated rings. The molecule has 1 saturated heterocycles. The van der Waals surface area contributed by atoms with Gasteiger partial charge in [0.2, 0.25) is 5.91 Å². The summed E-state index contributed by atoms with van der Waals surface area (Å²) >= 11 is 6.23. The maximum absolute atomic E-state index is 13.1. The number of anilines is 1. The Morgan fingerprint density at radius 2 is 1.81 bits per heavy atom. The molecule has 3 aromatic carbocycles. The van der Waals surface area contributed by atoms with Crippen molar-refractivity contribution in [2.45, 2.75) is 25.3 Å². The number of amides is 1. The normalized spacial score (nSPS) is 17.2. The summed E-state index contributed by atoms with van der Waals surface area (Å²) in [6, 6.07) is 24.0. The van der Waals surface area contributed by atoms with Crippen LogP contribution in [-0.4, -0.2) is 29.1 Å². The van der Waals surface area contributed by atoms with Gasteiger partial charge in [0.15, 0.2) is 0 Å². The zero-order chi connectivity index (χ0) is 22.2. The van der Waals surface area contributed by atoms with E-state index in [0.29, 0.717) is 29.4 Å². The lowest BCUT2D eigenvalue weighted by Gasteiger charge is -2.22. The summed E-state index contributed by atoms with van der Waals surface area (Å²) in [7, 11) is 1.60. The average Bonchev–Trinajstić information content (AvgIpc) is 3.39. The van der Waals surface area contributed by atoms with Crippen molar-refractivity contribution < 1.29 is 9.53 Å². The van der Waals surface area contributed by atoms with Crippen LogP contribution in [0.1, 0.15) is 36.7 Å². The van der Waals surface area contributed by atoms with Crippen LogP contribution in [0.4, 0.5) is 5.69 Å². The summed E-state index contributed by atoms with van der Waals surface area (Å²) in [6.07, 6.45) is 0.389. The highest BCUT2D eigenvalue weighted by molar-refractivity contribution is 6.31. The number of para-hydroxylation sites is 2. The number of ether oxygens (including phenoxy) is 1. The summed E-state index contributed by atoms with van der Waals surface area (Å²) < 4.78 is 7.78. The maximum atomic E-state index is 13.1. The minimum Gasteiger partial charge on any atom is -0.495 e.